The van der Waals surface area contributed by atoms with Crippen molar-refractivity contribution in [2.24, 2.45) is 0 Å². The largest absolute Gasteiger partial charge is 0.438 e. The number of carbonyl (C=O) groups excluding carboxylic acids is 1. The van der Waals surface area contributed by atoms with E-state index >= 15 is 0 Å². The van der Waals surface area contributed by atoms with Gasteiger partial charge in [0.15, 0.2) is 0 Å². The zero-order valence-corrected chi connectivity index (χ0v) is 13.8. The minimum atomic E-state index is -0.338. The van der Waals surface area contributed by atoms with Crippen molar-refractivity contribution in [2.75, 3.05) is 5.32 Å². The van der Waals surface area contributed by atoms with Crippen LogP contribution in [0.25, 0.3) is 0 Å². The molecule has 1 N–H and O–H groups in total. The summed E-state index contributed by atoms with van der Waals surface area (Å²) in [7, 11) is 0. The fourth-order valence-corrected chi connectivity index (χ4v) is 2.21. The summed E-state index contributed by atoms with van der Waals surface area (Å²) >= 11 is 12.0. The van der Waals surface area contributed by atoms with E-state index in [0.29, 0.717) is 22.0 Å². The van der Waals surface area contributed by atoms with Crippen molar-refractivity contribution in [1.29, 1.82) is 0 Å². The van der Waals surface area contributed by atoms with Gasteiger partial charge in [0.1, 0.15) is 10.8 Å². The topological polar surface area (TPSA) is 64.1 Å². The van der Waals surface area contributed by atoms with Gasteiger partial charge in [0, 0.05) is 17.4 Å². The third-order valence-electron chi connectivity index (χ3n) is 3.02. The molecule has 3 rings (SSSR count). The molecule has 0 atom stereocenters. The fraction of sp³-hybridized carbons (Fsp3) is 0. The van der Waals surface area contributed by atoms with Crippen LogP contribution in [0.5, 0.6) is 11.6 Å². The molecule has 3 aromatic rings. The van der Waals surface area contributed by atoms with Gasteiger partial charge >= 0.3 is 0 Å². The van der Waals surface area contributed by atoms with Crippen LogP contribution in [0.3, 0.4) is 0 Å². The Balaban J connectivity index is 1.74. The van der Waals surface area contributed by atoms with Crippen molar-refractivity contribution in [3.05, 3.63) is 76.7 Å². The molecule has 0 aliphatic rings. The molecule has 0 spiro atoms. The lowest BCUT2D eigenvalue weighted by molar-refractivity contribution is 0.102. The van der Waals surface area contributed by atoms with E-state index in [1.54, 1.807) is 48.8 Å². The highest BCUT2D eigenvalue weighted by Crippen LogP contribution is 2.28. The lowest BCUT2D eigenvalue weighted by Gasteiger charge is -2.08. The molecule has 2 heterocycles. The van der Waals surface area contributed by atoms with Crippen LogP contribution in [0.1, 0.15) is 10.4 Å². The third kappa shape index (κ3) is 4.01. The monoisotopic (exact) mass is 359 g/mol. The molecule has 1 aromatic carbocycles. The van der Waals surface area contributed by atoms with Gasteiger partial charge in [0.25, 0.3) is 5.91 Å². The van der Waals surface area contributed by atoms with Crippen LogP contribution in [0, 0.1) is 0 Å². The second-order valence-electron chi connectivity index (χ2n) is 4.76. The van der Waals surface area contributed by atoms with Crippen LogP contribution in [0.4, 0.5) is 5.69 Å². The Morgan fingerprint density at radius 3 is 2.54 bits per heavy atom. The van der Waals surface area contributed by atoms with E-state index in [-0.39, 0.29) is 16.8 Å². The van der Waals surface area contributed by atoms with E-state index in [1.165, 1.54) is 12.3 Å². The summed E-state index contributed by atoms with van der Waals surface area (Å²) in [6, 6.07) is 11.7. The number of halogens is 2. The maximum atomic E-state index is 12.2. The van der Waals surface area contributed by atoms with Gasteiger partial charge in [0.2, 0.25) is 5.88 Å². The average Bonchev–Trinajstić information content (AvgIpc) is 2.59. The summed E-state index contributed by atoms with van der Waals surface area (Å²) in [5.41, 5.74) is 0.896. The smallest absolute Gasteiger partial charge is 0.257 e. The number of anilines is 1. The molecule has 0 saturated heterocycles. The molecule has 2 aromatic heterocycles. The summed E-state index contributed by atoms with van der Waals surface area (Å²) in [4.78, 5) is 20.2. The molecule has 0 aliphatic heterocycles. The molecule has 0 radical (unpaired) electrons. The maximum absolute atomic E-state index is 12.2. The Hall–Kier alpha value is -2.63. The van der Waals surface area contributed by atoms with Crippen molar-refractivity contribution in [1.82, 2.24) is 9.97 Å². The predicted octanol–water partition coefficient (Wildman–Crippen LogP) is 4.83. The zero-order valence-electron chi connectivity index (χ0n) is 12.2. The van der Waals surface area contributed by atoms with Gasteiger partial charge in [-0.05, 0) is 42.5 Å². The minimum Gasteiger partial charge on any atom is -0.438 e. The molecule has 0 saturated carbocycles. The van der Waals surface area contributed by atoms with E-state index in [0.717, 1.165) is 0 Å². The number of nitrogens with one attached hydrogen (secondary N) is 1. The van der Waals surface area contributed by atoms with Crippen LogP contribution in [0.15, 0.2) is 61.1 Å². The van der Waals surface area contributed by atoms with Crippen molar-refractivity contribution in [3.8, 4) is 11.6 Å². The number of hydrogen-bond acceptors (Lipinski definition) is 4. The fourth-order valence-electron chi connectivity index (χ4n) is 1.88. The van der Waals surface area contributed by atoms with E-state index in [9.17, 15) is 4.79 Å². The van der Waals surface area contributed by atoms with Crippen LogP contribution in [-0.4, -0.2) is 15.9 Å². The molecule has 0 unspecified atom stereocenters. The second-order valence-corrected chi connectivity index (χ2v) is 5.61. The number of carbonyl (C=O) groups is 1. The van der Waals surface area contributed by atoms with Gasteiger partial charge < -0.3 is 10.1 Å². The predicted molar refractivity (Wildman–Crippen MR) is 93.0 cm³/mol. The van der Waals surface area contributed by atoms with Crippen LogP contribution in [0.2, 0.25) is 10.0 Å². The molecular formula is C17H11Cl2N3O2. The second kappa shape index (κ2) is 7.29. The number of aromatic nitrogens is 2. The standard InChI is InChI=1S/C17H11Cl2N3O2/c18-12-3-5-14(6-4-12)24-17-15(19)8-11(9-21-17)16(23)22-13-2-1-7-20-10-13/h1-10H,(H,22,23). The zero-order chi connectivity index (χ0) is 16.9. The van der Waals surface area contributed by atoms with Crippen molar-refractivity contribution >= 4 is 34.8 Å². The van der Waals surface area contributed by atoms with Gasteiger partial charge in [0.05, 0.1) is 17.4 Å². The van der Waals surface area contributed by atoms with Gasteiger partial charge in [-0.25, -0.2) is 4.98 Å². The Labute approximate surface area is 148 Å². The Morgan fingerprint density at radius 2 is 1.88 bits per heavy atom. The summed E-state index contributed by atoms with van der Waals surface area (Å²) in [5.74, 6) is 0.411. The normalized spacial score (nSPS) is 10.2. The number of hydrogen-bond donors (Lipinski definition) is 1. The number of amides is 1. The molecule has 24 heavy (non-hydrogen) atoms. The van der Waals surface area contributed by atoms with Gasteiger partial charge in [-0.3, -0.25) is 9.78 Å². The SMILES string of the molecule is O=C(Nc1cccnc1)c1cnc(Oc2ccc(Cl)cc2)c(Cl)c1. The van der Waals surface area contributed by atoms with Crippen LogP contribution in [-0.2, 0) is 0 Å². The summed E-state index contributed by atoms with van der Waals surface area (Å²) in [6.45, 7) is 0. The third-order valence-corrected chi connectivity index (χ3v) is 3.54. The minimum absolute atomic E-state index is 0.205. The Kier molecular flexibility index (Phi) is 4.93. The van der Waals surface area contributed by atoms with Crippen molar-refractivity contribution < 1.29 is 9.53 Å². The molecule has 5 nitrogen and oxygen atoms in total. The Morgan fingerprint density at radius 1 is 1.08 bits per heavy atom. The molecule has 0 bridgehead atoms. The van der Waals surface area contributed by atoms with E-state index < -0.39 is 0 Å². The number of benzene rings is 1. The van der Waals surface area contributed by atoms with Crippen LogP contribution < -0.4 is 10.1 Å². The first-order chi connectivity index (χ1) is 11.6. The molecule has 7 heteroatoms. The number of ether oxygens (including phenoxy) is 1. The van der Waals surface area contributed by atoms with E-state index in [2.05, 4.69) is 15.3 Å². The molecule has 0 fully saturated rings. The average molecular weight is 360 g/mol. The first-order valence-electron chi connectivity index (χ1n) is 6.92. The number of rotatable bonds is 4. The lowest BCUT2D eigenvalue weighted by Crippen LogP contribution is -2.12. The van der Waals surface area contributed by atoms with Crippen LogP contribution >= 0.6 is 23.2 Å². The first-order valence-corrected chi connectivity index (χ1v) is 7.68. The summed E-state index contributed by atoms with van der Waals surface area (Å²) in [6.07, 6.45) is 4.56. The highest BCUT2D eigenvalue weighted by atomic mass is 35.5. The van der Waals surface area contributed by atoms with Crippen molar-refractivity contribution in [2.45, 2.75) is 0 Å². The Bertz CT molecular complexity index is 855. The maximum Gasteiger partial charge on any atom is 0.257 e. The first kappa shape index (κ1) is 16.2. The highest BCUT2D eigenvalue weighted by Gasteiger charge is 2.12. The quantitative estimate of drug-likeness (QED) is 0.724. The summed E-state index contributed by atoms with van der Waals surface area (Å²) < 4.78 is 5.57. The summed E-state index contributed by atoms with van der Waals surface area (Å²) in [5, 5.41) is 3.53. The lowest BCUT2D eigenvalue weighted by atomic mass is 10.2. The van der Waals surface area contributed by atoms with Gasteiger partial charge in [-0.1, -0.05) is 23.2 Å². The van der Waals surface area contributed by atoms with Crippen molar-refractivity contribution in [3.63, 3.8) is 0 Å². The molecule has 0 aliphatic carbocycles. The van der Waals surface area contributed by atoms with Gasteiger partial charge in [-0.2, -0.15) is 0 Å². The number of nitrogens with zero attached hydrogens (tertiary/aromatic N) is 2. The highest BCUT2D eigenvalue weighted by molar-refractivity contribution is 6.32. The molecule has 120 valence electrons. The van der Waals surface area contributed by atoms with E-state index in [1.807, 2.05) is 0 Å². The van der Waals surface area contributed by atoms with Gasteiger partial charge in [-0.15, -0.1) is 0 Å². The molecule has 1 amide bonds. The molecular weight excluding hydrogens is 349 g/mol. The number of pyridine rings is 2. The van der Waals surface area contributed by atoms with E-state index in [4.69, 9.17) is 27.9 Å².